The lowest BCUT2D eigenvalue weighted by atomic mass is 9.97. The minimum Gasteiger partial charge on any atom is -0.353 e. The summed E-state index contributed by atoms with van der Waals surface area (Å²) in [7, 11) is 0. The average Bonchev–Trinajstić information content (AvgIpc) is 2.73. The van der Waals surface area contributed by atoms with Crippen molar-refractivity contribution < 1.29 is 14.4 Å². The first kappa shape index (κ1) is 22.5. The Morgan fingerprint density at radius 1 is 1.10 bits per heavy atom. The van der Waals surface area contributed by atoms with E-state index in [-0.39, 0.29) is 29.9 Å². The highest BCUT2D eigenvalue weighted by molar-refractivity contribution is 5.92. The van der Waals surface area contributed by atoms with Gasteiger partial charge in [-0.25, -0.2) is 9.59 Å². The van der Waals surface area contributed by atoms with Crippen molar-refractivity contribution in [3.8, 4) is 0 Å². The van der Waals surface area contributed by atoms with Crippen LogP contribution in [0.1, 0.15) is 46.5 Å². The summed E-state index contributed by atoms with van der Waals surface area (Å²) in [5.74, 6) is -0.148. The van der Waals surface area contributed by atoms with Crippen molar-refractivity contribution in [1.29, 1.82) is 0 Å². The SMILES string of the molecule is CCCNC(=O)Nc1ccc(NC(=O)N2CCC[C@@H](C(=O)N[C@H](C)CC)C2)cc1. The fraction of sp³-hybridized carbons (Fsp3) is 0.571. The van der Waals surface area contributed by atoms with Gasteiger partial charge in [0.15, 0.2) is 0 Å². The van der Waals surface area contributed by atoms with Gasteiger partial charge in [0.25, 0.3) is 0 Å². The number of urea groups is 2. The minimum atomic E-state index is -0.251. The molecule has 0 spiro atoms. The summed E-state index contributed by atoms with van der Waals surface area (Å²) in [5, 5.41) is 11.4. The van der Waals surface area contributed by atoms with Crippen molar-refractivity contribution in [3.05, 3.63) is 24.3 Å². The van der Waals surface area contributed by atoms with E-state index in [1.165, 1.54) is 0 Å². The number of carbonyl (C=O) groups excluding carboxylic acids is 3. The van der Waals surface area contributed by atoms with Crippen LogP contribution in [-0.2, 0) is 4.79 Å². The van der Waals surface area contributed by atoms with Gasteiger partial charge in [-0.2, -0.15) is 0 Å². The lowest BCUT2D eigenvalue weighted by molar-refractivity contribution is -0.126. The molecule has 5 amide bonds. The predicted molar refractivity (Wildman–Crippen MR) is 115 cm³/mol. The third-order valence-electron chi connectivity index (χ3n) is 5.01. The first-order valence-electron chi connectivity index (χ1n) is 10.4. The van der Waals surface area contributed by atoms with E-state index in [9.17, 15) is 14.4 Å². The second kappa shape index (κ2) is 11.3. The summed E-state index contributed by atoms with van der Waals surface area (Å²) >= 11 is 0. The number of nitrogens with one attached hydrogen (secondary N) is 4. The van der Waals surface area contributed by atoms with Crippen LogP contribution >= 0.6 is 0 Å². The van der Waals surface area contributed by atoms with Gasteiger partial charge in [-0.05, 0) is 56.9 Å². The molecule has 8 heteroatoms. The third kappa shape index (κ3) is 7.29. The van der Waals surface area contributed by atoms with Crippen LogP contribution in [0.5, 0.6) is 0 Å². The van der Waals surface area contributed by atoms with Crippen LogP contribution in [0.3, 0.4) is 0 Å². The molecular formula is C21H33N5O3. The first-order chi connectivity index (χ1) is 13.9. The normalized spacial score (nSPS) is 17.2. The van der Waals surface area contributed by atoms with E-state index in [2.05, 4.69) is 21.3 Å². The monoisotopic (exact) mass is 403 g/mol. The number of hydrogen-bond donors (Lipinski definition) is 4. The molecule has 1 saturated heterocycles. The molecule has 2 rings (SSSR count). The van der Waals surface area contributed by atoms with E-state index in [4.69, 9.17) is 0 Å². The molecule has 2 atom stereocenters. The van der Waals surface area contributed by atoms with Gasteiger partial charge < -0.3 is 26.2 Å². The van der Waals surface area contributed by atoms with Gasteiger partial charge in [0, 0.05) is 37.1 Å². The van der Waals surface area contributed by atoms with E-state index in [1.807, 2.05) is 20.8 Å². The maximum atomic E-state index is 12.6. The fourth-order valence-corrected chi connectivity index (χ4v) is 3.09. The molecule has 8 nitrogen and oxygen atoms in total. The third-order valence-corrected chi connectivity index (χ3v) is 5.01. The van der Waals surface area contributed by atoms with Gasteiger partial charge in [-0.3, -0.25) is 4.79 Å². The van der Waals surface area contributed by atoms with Crippen LogP contribution in [0.25, 0.3) is 0 Å². The number of rotatable bonds is 7. The molecule has 0 aromatic heterocycles. The molecule has 1 aliphatic heterocycles. The Morgan fingerprint density at radius 2 is 1.76 bits per heavy atom. The molecule has 160 valence electrons. The van der Waals surface area contributed by atoms with Crippen molar-refractivity contribution in [2.75, 3.05) is 30.3 Å². The molecule has 0 saturated carbocycles. The summed E-state index contributed by atoms with van der Waals surface area (Å²) < 4.78 is 0. The maximum absolute atomic E-state index is 12.6. The molecule has 1 fully saturated rings. The molecule has 1 aromatic rings. The molecule has 1 aromatic carbocycles. The summed E-state index contributed by atoms with van der Waals surface area (Å²) in [6, 6.07) is 6.63. The molecule has 4 N–H and O–H groups in total. The van der Waals surface area contributed by atoms with Gasteiger partial charge in [-0.15, -0.1) is 0 Å². The van der Waals surface area contributed by atoms with Crippen molar-refractivity contribution in [2.24, 2.45) is 5.92 Å². The number of hydrogen-bond acceptors (Lipinski definition) is 3. The smallest absolute Gasteiger partial charge is 0.321 e. The Hall–Kier alpha value is -2.77. The van der Waals surface area contributed by atoms with Crippen molar-refractivity contribution in [2.45, 2.75) is 52.5 Å². The number of carbonyl (C=O) groups is 3. The predicted octanol–water partition coefficient (Wildman–Crippen LogP) is 3.38. The highest BCUT2D eigenvalue weighted by atomic mass is 16.2. The molecule has 0 bridgehead atoms. The zero-order valence-electron chi connectivity index (χ0n) is 17.6. The van der Waals surface area contributed by atoms with Crippen LogP contribution in [0.4, 0.5) is 21.0 Å². The zero-order chi connectivity index (χ0) is 21.2. The maximum Gasteiger partial charge on any atom is 0.321 e. The average molecular weight is 404 g/mol. The molecule has 0 aliphatic carbocycles. The number of amides is 5. The van der Waals surface area contributed by atoms with Crippen LogP contribution in [0.15, 0.2) is 24.3 Å². The van der Waals surface area contributed by atoms with Crippen LogP contribution < -0.4 is 21.3 Å². The number of anilines is 2. The molecular weight excluding hydrogens is 370 g/mol. The van der Waals surface area contributed by atoms with Crippen molar-refractivity contribution in [1.82, 2.24) is 15.5 Å². The Morgan fingerprint density at radius 3 is 2.38 bits per heavy atom. The second-order valence-electron chi connectivity index (χ2n) is 7.49. The summed E-state index contributed by atoms with van der Waals surface area (Å²) in [6.07, 6.45) is 3.36. The highest BCUT2D eigenvalue weighted by Crippen LogP contribution is 2.19. The number of benzene rings is 1. The van der Waals surface area contributed by atoms with Gasteiger partial charge in [-0.1, -0.05) is 13.8 Å². The molecule has 1 heterocycles. The molecule has 0 radical (unpaired) electrons. The van der Waals surface area contributed by atoms with E-state index in [0.29, 0.717) is 31.0 Å². The van der Waals surface area contributed by atoms with Gasteiger partial charge in [0.2, 0.25) is 5.91 Å². The Bertz CT molecular complexity index is 692. The zero-order valence-corrected chi connectivity index (χ0v) is 17.6. The Balaban J connectivity index is 1.86. The summed E-state index contributed by atoms with van der Waals surface area (Å²) in [4.78, 5) is 38.3. The second-order valence-corrected chi connectivity index (χ2v) is 7.49. The number of likely N-dealkylation sites (tertiary alicyclic amines) is 1. The van der Waals surface area contributed by atoms with Crippen LogP contribution in [0.2, 0.25) is 0 Å². The molecule has 29 heavy (non-hydrogen) atoms. The highest BCUT2D eigenvalue weighted by Gasteiger charge is 2.28. The quantitative estimate of drug-likeness (QED) is 0.561. The fourth-order valence-electron chi connectivity index (χ4n) is 3.09. The van der Waals surface area contributed by atoms with E-state index in [1.54, 1.807) is 29.2 Å². The molecule has 1 aliphatic rings. The minimum absolute atomic E-state index is 0.0219. The van der Waals surface area contributed by atoms with E-state index >= 15 is 0 Å². The largest absolute Gasteiger partial charge is 0.353 e. The lowest BCUT2D eigenvalue weighted by Crippen LogP contribution is -2.48. The first-order valence-corrected chi connectivity index (χ1v) is 10.4. The van der Waals surface area contributed by atoms with E-state index in [0.717, 1.165) is 25.7 Å². The molecule has 0 unspecified atom stereocenters. The van der Waals surface area contributed by atoms with Gasteiger partial charge in [0.1, 0.15) is 0 Å². The summed E-state index contributed by atoms with van der Waals surface area (Å²) in [6.45, 7) is 7.68. The van der Waals surface area contributed by atoms with Crippen LogP contribution in [0, 0.1) is 5.92 Å². The Labute approximate surface area is 172 Å². The van der Waals surface area contributed by atoms with Crippen molar-refractivity contribution in [3.63, 3.8) is 0 Å². The standard InChI is InChI=1S/C21H33N5O3/c1-4-12-22-20(28)24-17-8-10-18(11-9-17)25-21(29)26-13-6-7-16(14-26)19(27)23-15(3)5-2/h8-11,15-16H,4-7,12-14H2,1-3H3,(H,23,27)(H,25,29)(H2,22,24,28)/t15-,16-/m1/s1. The van der Waals surface area contributed by atoms with Gasteiger partial charge >= 0.3 is 12.1 Å². The number of nitrogens with zero attached hydrogens (tertiary/aromatic N) is 1. The van der Waals surface area contributed by atoms with Crippen molar-refractivity contribution >= 4 is 29.3 Å². The summed E-state index contributed by atoms with van der Waals surface area (Å²) in [5.41, 5.74) is 1.29. The Kier molecular flexibility index (Phi) is 8.76. The number of piperidine rings is 1. The lowest BCUT2D eigenvalue weighted by Gasteiger charge is -2.32. The van der Waals surface area contributed by atoms with Crippen LogP contribution in [-0.4, -0.2) is 48.5 Å². The van der Waals surface area contributed by atoms with E-state index < -0.39 is 0 Å². The topological polar surface area (TPSA) is 103 Å². The van der Waals surface area contributed by atoms with Gasteiger partial charge in [0.05, 0.1) is 5.92 Å².